The van der Waals surface area contributed by atoms with E-state index >= 15 is 0 Å². The van der Waals surface area contributed by atoms with Crippen LogP contribution in [0.2, 0.25) is 0 Å². The predicted molar refractivity (Wildman–Crippen MR) is 127 cm³/mol. The van der Waals surface area contributed by atoms with Crippen molar-refractivity contribution in [1.82, 2.24) is 12.3 Å². The van der Waals surface area contributed by atoms with E-state index in [9.17, 15) is 0 Å². The highest BCUT2D eigenvalue weighted by molar-refractivity contribution is 4.76. The SMILES string of the molecule is C/C=C/CCCCCCCCCCCCCCCCCCCCCC.N.N. The lowest BCUT2D eigenvalue weighted by atomic mass is 10.0. The molecule has 0 aliphatic heterocycles. The molecule has 0 saturated heterocycles. The van der Waals surface area contributed by atoms with Crippen molar-refractivity contribution < 1.29 is 0 Å². The van der Waals surface area contributed by atoms with Gasteiger partial charge in [-0.25, -0.2) is 0 Å². The van der Waals surface area contributed by atoms with E-state index < -0.39 is 0 Å². The Morgan fingerprint density at radius 1 is 0.407 bits per heavy atom. The summed E-state index contributed by atoms with van der Waals surface area (Å²) in [6.07, 6.45) is 35.1. The first-order valence-electron chi connectivity index (χ1n) is 12.0. The van der Waals surface area contributed by atoms with Crippen LogP contribution in [-0.2, 0) is 0 Å². The average molecular weight is 385 g/mol. The van der Waals surface area contributed by atoms with Gasteiger partial charge in [-0.3, -0.25) is 0 Å². The highest BCUT2D eigenvalue weighted by atomic mass is 14.0. The van der Waals surface area contributed by atoms with Crippen LogP contribution >= 0.6 is 0 Å². The molecule has 0 aliphatic carbocycles. The maximum Gasteiger partial charge on any atom is -0.0351 e. The first kappa shape index (κ1) is 31.4. The maximum absolute atomic E-state index is 2.30. The van der Waals surface area contributed by atoms with E-state index in [1.54, 1.807) is 0 Å². The third-order valence-electron chi connectivity index (χ3n) is 5.46. The maximum atomic E-state index is 2.30. The molecule has 0 aliphatic rings. The van der Waals surface area contributed by atoms with Crippen LogP contribution in [0, 0.1) is 0 Å². The minimum atomic E-state index is 0. The lowest BCUT2D eigenvalue weighted by molar-refractivity contribution is 0.522. The molecule has 0 fully saturated rings. The van der Waals surface area contributed by atoms with Crippen LogP contribution in [0.4, 0.5) is 0 Å². The van der Waals surface area contributed by atoms with E-state index in [2.05, 4.69) is 26.0 Å². The van der Waals surface area contributed by atoms with Crippen molar-refractivity contribution in [2.75, 3.05) is 0 Å². The third-order valence-corrected chi connectivity index (χ3v) is 5.46. The van der Waals surface area contributed by atoms with Crippen LogP contribution in [-0.4, -0.2) is 0 Å². The Balaban J connectivity index is -0.00000288. The van der Waals surface area contributed by atoms with Gasteiger partial charge in [-0.1, -0.05) is 141 Å². The molecule has 2 heteroatoms. The second-order valence-corrected chi connectivity index (χ2v) is 8.08. The summed E-state index contributed by atoms with van der Waals surface area (Å²) in [6, 6.07) is 0. The quantitative estimate of drug-likeness (QED) is 0.152. The summed E-state index contributed by atoms with van der Waals surface area (Å²) in [5, 5.41) is 0. The molecule has 0 atom stereocenters. The molecule has 0 aromatic heterocycles. The van der Waals surface area contributed by atoms with E-state index in [1.807, 2.05) is 0 Å². The van der Waals surface area contributed by atoms with Gasteiger partial charge in [-0.15, -0.1) is 0 Å². The second kappa shape index (κ2) is 30.4. The van der Waals surface area contributed by atoms with Gasteiger partial charge >= 0.3 is 0 Å². The zero-order valence-corrected chi connectivity index (χ0v) is 19.4. The first-order valence-corrected chi connectivity index (χ1v) is 12.0. The summed E-state index contributed by atoms with van der Waals surface area (Å²) < 4.78 is 0. The van der Waals surface area contributed by atoms with Gasteiger partial charge in [-0.05, 0) is 19.8 Å². The summed E-state index contributed by atoms with van der Waals surface area (Å²) in [4.78, 5) is 0. The first-order chi connectivity index (χ1) is 12.4. The van der Waals surface area contributed by atoms with Crippen LogP contribution in [0.3, 0.4) is 0 Å². The van der Waals surface area contributed by atoms with E-state index in [1.165, 1.54) is 135 Å². The molecule has 0 spiro atoms. The molecule has 0 aromatic rings. The highest BCUT2D eigenvalue weighted by Gasteiger charge is 1.95. The smallest absolute Gasteiger partial charge is 0.0351 e. The monoisotopic (exact) mass is 384 g/mol. The van der Waals surface area contributed by atoms with Crippen LogP contribution in [0.25, 0.3) is 0 Å². The number of rotatable bonds is 21. The van der Waals surface area contributed by atoms with Crippen molar-refractivity contribution in [3.8, 4) is 0 Å². The third kappa shape index (κ3) is 30.6. The van der Waals surface area contributed by atoms with Gasteiger partial charge in [0.05, 0.1) is 0 Å². The molecule has 0 radical (unpaired) electrons. The number of hydrogen-bond acceptors (Lipinski definition) is 2. The van der Waals surface area contributed by atoms with Crippen molar-refractivity contribution in [1.29, 1.82) is 0 Å². The molecule has 0 rings (SSSR count). The predicted octanol–water partition coefficient (Wildman–Crippen LogP) is 10.1. The van der Waals surface area contributed by atoms with Gasteiger partial charge < -0.3 is 12.3 Å². The zero-order chi connectivity index (χ0) is 18.3. The van der Waals surface area contributed by atoms with E-state index in [0.29, 0.717) is 0 Å². The Bertz CT molecular complexity index is 251. The van der Waals surface area contributed by atoms with Crippen molar-refractivity contribution in [3.05, 3.63) is 12.2 Å². The topological polar surface area (TPSA) is 70.0 Å². The molecular weight excluding hydrogens is 328 g/mol. The fourth-order valence-electron chi connectivity index (χ4n) is 3.68. The number of unbranched alkanes of at least 4 members (excludes halogenated alkanes) is 20. The normalized spacial score (nSPS) is 10.7. The van der Waals surface area contributed by atoms with Gasteiger partial charge in [0.1, 0.15) is 0 Å². The minimum absolute atomic E-state index is 0. The Kier molecular flexibility index (Phi) is 35.3. The summed E-state index contributed by atoms with van der Waals surface area (Å²) in [6.45, 7) is 4.42. The molecule has 2 nitrogen and oxygen atoms in total. The molecule has 0 amide bonds. The van der Waals surface area contributed by atoms with Crippen molar-refractivity contribution in [2.24, 2.45) is 0 Å². The molecule has 0 saturated carbocycles. The van der Waals surface area contributed by atoms with Crippen LogP contribution in [0.15, 0.2) is 12.2 Å². The Hall–Kier alpha value is -0.340. The fourth-order valence-corrected chi connectivity index (χ4v) is 3.68. The average Bonchev–Trinajstić information content (AvgIpc) is 2.63. The van der Waals surface area contributed by atoms with Gasteiger partial charge in [0.2, 0.25) is 0 Å². The molecule has 0 unspecified atom stereocenters. The van der Waals surface area contributed by atoms with Crippen LogP contribution in [0.1, 0.15) is 149 Å². The van der Waals surface area contributed by atoms with E-state index in [0.717, 1.165) is 0 Å². The highest BCUT2D eigenvalue weighted by Crippen LogP contribution is 2.15. The van der Waals surface area contributed by atoms with Crippen LogP contribution < -0.4 is 12.3 Å². The zero-order valence-electron chi connectivity index (χ0n) is 19.4. The van der Waals surface area contributed by atoms with Crippen LogP contribution in [0.5, 0.6) is 0 Å². The molecule has 0 aromatic carbocycles. The number of allylic oxidation sites excluding steroid dienone is 2. The van der Waals surface area contributed by atoms with E-state index in [-0.39, 0.29) is 12.3 Å². The summed E-state index contributed by atoms with van der Waals surface area (Å²) >= 11 is 0. The number of hydrogen-bond donors (Lipinski definition) is 2. The molecule has 166 valence electrons. The Morgan fingerprint density at radius 3 is 0.926 bits per heavy atom. The molecule has 27 heavy (non-hydrogen) atoms. The molecular formula is C25H56N2. The molecule has 6 N–H and O–H groups in total. The van der Waals surface area contributed by atoms with Gasteiger partial charge in [-0.2, -0.15) is 0 Å². The van der Waals surface area contributed by atoms with Gasteiger partial charge in [0, 0.05) is 0 Å². The lowest BCUT2D eigenvalue weighted by Gasteiger charge is -2.04. The second-order valence-electron chi connectivity index (χ2n) is 8.08. The fraction of sp³-hybridized carbons (Fsp3) is 0.920. The van der Waals surface area contributed by atoms with Crippen molar-refractivity contribution in [2.45, 2.75) is 149 Å². The minimum Gasteiger partial charge on any atom is -0.344 e. The molecule has 0 bridgehead atoms. The Labute approximate surface area is 173 Å². The van der Waals surface area contributed by atoms with Gasteiger partial charge in [0.25, 0.3) is 0 Å². The summed E-state index contributed by atoms with van der Waals surface area (Å²) in [5.41, 5.74) is 0. The van der Waals surface area contributed by atoms with Gasteiger partial charge in [0.15, 0.2) is 0 Å². The van der Waals surface area contributed by atoms with Crippen molar-refractivity contribution >= 4 is 0 Å². The Morgan fingerprint density at radius 2 is 0.667 bits per heavy atom. The van der Waals surface area contributed by atoms with Crippen molar-refractivity contribution in [3.63, 3.8) is 0 Å². The standard InChI is InChI=1S/C25H50.2H3N/c1-3-5-7-9-11-13-15-17-19-21-23-25-24-22-20-18-16-14-12-10-8-6-4-2;;/h3,5H,4,6-25H2,1-2H3;2*1H3/b5-3+;;. The summed E-state index contributed by atoms with van der Waals surface area (Å²) in [5.74, 6) is 0. The summed E-state index contributed by atoms with van der Waals surface area (Å²) in [7, 11) is 0. The van der Waals surface area contributed by atoms with E-state index in [4.69, 9.17) is 0 Å². The lowest BCUT2D eigenvalue weighted by Crippen LogP contribution is -1.84. The largest absolute Gasteiger partial charge is 0.344 e. The molecule has 0 heterocycles.